The zero-order valence-corrected chi connectivity index (χ0v) is 20.0. The van der Waals surface area contributed by atoms with E-state index in [1.54, 1.807) is 67.7 Å². The highest BCUT2D eigenvalue weighted by Crippen LogP contribution is 2.24. The Hall–Kier alpha value is -3.55. The maximum Gasteiger partial charge on any atom is 0.253 e. The SMILES string of the molecule is CCCNC(=O)C(NC(=O)c1ccc(OC)cc1)C1CCN(C(=O)c2cccc(OC)c2)CC1. The van der Waals surface area contributed by atoms with Crippen LogP contribution in [-0.4, -0.2) is 62.5 Å². The van der Waals surface area contributed by atoms with Crippen molar-refractivity contribution < 1.29 is 23.9 Å². The largest absolute Gasteiger partial charge is 0.497 e. The molecular formula is C26H33N3O5. The Labute approximate surface area is 200 Å². The topological polar surface area (TPSA) is 97.0 Å². The minimum atomic E-state index is -0.671. The number of methoxy groups -OCH3 is 2. The number of nitrogens with one attached hydrogen (secondary N) is 2. The quantitative estimate of drug-likeness (QED) is 0.591. The maximum atomic E-state index is 12.9. The van der Waals surface area contributed by atoms with Gasteiger partial charge in [-0.05, 0) is 67.6 Å². The monoisotopic (exact) mass is 467 g/mol. The summed E-state index contributed by atoms with van der Waals surface area (Å²) in [6.07, 6.45) is 2.03. The molecule has 0 spiro atoms. The van der Waals surface area contributed by atoms with Crippen LogP contribution in [0, 0.1) is 5.92 Å². The molecule has 3 rings (SSSR count). The first-order chi connectivity index (χ1) is 16.5. The fourth-order valence-corrected chi connectivity index (χ4v) is 4.10. The van der Waals surface area contributed by atoms with Crippen LogP contribution in [0.15, 0.2) is 48.5 Å². The van der Waals surface area contributed by atoms with Crippen LogP contribution in [0.1, 0.15) is 46.9 Å². The average molecular weight is 468 g/mol. The number of rotatable bonds is 9. The molecule has 2 N–H and O–H groups in total. The minimum Gasteiger partial charge on any atom is -0.497 e. The van der Waals surface area contributed by atoms with Crippen LogP contribution in [-0.2, 0) is 4.79 Å². The Bertz CT molecular complexity index is 984. The summed E-state index contributed by atoms with van der Waals surface area (Å²) in [5.74, 6) is 0.645. The third-order valence-corrected chi connectivity index (χ3v) is 6.09. The maximum absolute atomic E-state index is 12.9. The zero-order chi connectivity index (χ0) is 24.5. The van der Waals surface area contributed by atoms with Crippen LogP contribution >= 0.6 is 0 Å². The number of amides is 3. The number of carbonyl (C=O) groups excluding carboxylic acids is 3. The van der Waals surface area contributed by atoms with Gasteiger partial charge in [0.25, 0.3) is 11.8 Å². The normalized spacial score (nSPS) is 14.7. The van der Waals surface area contributed by atoms with Gasteiger partial charge in [-0.15, -0.1) is 0 Å². The van der Waals surface area contributed by atoms with Gasteiger partial charge in [0.2, 0.25) is 5.91 Å². The molecule has 1 unspecified atom stereocenters. The van der Waals surface area contributed by atoms with Crippen LogP contribution in [0.3, 0.4) is 0 Å². The van der Waals surface area contributed by atoms with Gasteiger partial charge in [-0.3, -0.25) is 14.4 Å². The first kappa shape index (κ1) is 25.1. The van der Waals surface area contributed by atoms with Crippen molar-refractivity contribution in [1.29, 1.82) is 0 Å². The number of hydrogen-bond acceptors (Lipinski definition) is 5. The molecule has 0 aromatic heterocycles. The van der Waals surface area contributed by atoms with Gasteiger partial charge in [0.05, 0.1) is 14.2 Å². The Morgan fingerprint density at radius 3 is 2.26 bits per heavy atom. The van der Waals surface area contributed by atoms with E-state index in [1.807, 2.05) is 6.92 Å². The summed E-state index contributed by atoms with van der Waals surface area (Å²) < 4.78 is 10.4. The number of benzene rings is 2. The van der Waals surface area contributed by atoms with Crippen molar-refractivity contribution >= 4 is 17.7 Å². The molecule has 0 saturated carbocycles. The molecule has 1 atom stereocenters. The van der Waals surface area contributed by atoms with Crippen molar-refractivity contribution in [2.75, 3.05) is 33.9 Å². The predicted octanol–water partition coefficient (Wildman–Crippen LogP) is 2.88. The van der Waals surface area contributed by atoms with Gasteiger partial charge < -0.3 is 25.0 Å². The van der Waals surface area contributed by atoms with Crippen molar-refractivity contribution in [3.05, 3.63) is 59.7 Å². The third kappa shape index (κ3) is 6.27. The molecule has 1 heterocycles. The standard InChI is InChI=1S/C26H33N3O5/c1-4-14-27-25(31)23(28-24(30)19-8-10-21(33-2)11-9-19)18-12-15-29(16-13-18)26(32)20-6-5-7-22(17-20)34-3/h5-11,17-18,23H,4,12-16H2,1-3H3,(H,27,31)(H,28,30). The van der Waals surface area contributed by atoms with Crippen molar-refractivity contribution in [2.45, 2.75) is 32.2 Å². The van der Waals surface area contributed by atoms with E-state index in [-0.39, 0.29) is 23.6 Å². The van der Waals surface area contributed by atoms with Crippen molar-refractivity contribution in [3.63, 3.8) is 0 Å². The van der Waals surface area contributed by atoms with E-state index in [2.05, 4.69) is 10.6 Å². The van der Waals surface area contributed by atoms with E-state index in [0.717, 1.165) is 6.42 Å². The molecule has 2 aromatic carbocycles. The van der Waals surface area contributed by atoms with Gasteiger partial charge >= 0.3 is 0 Å². The van der Waals surface area contributed by atoms with E-state index < -0.39 is 6.04 Å². The fraction of sp³-hybridized carbons (Fsp3) is 0.423. The van der Waals surface area contributed by atoms with Crippen molar-refractivity contribution in [1.82, 2.24) is 15.5 Å². The highest BCUT2D eigenvalue weighted by atomic mass is 16.5. The lowest BCUT2D eigenvalue weighted by atomic mass is 9.88. The second-order valence-corrected chi connectivity index (χ2v) is 8.33. The Balaban J connectivity index is 1.67. The van der Waals surface area contributed by atoms with Crippen molar-refractivity contribution in [3.8, 4) is 11.5 Å². The Morgan fingerprint density at radius 2 is 1.65 bits per heavy atom. The number of piperidine rings is 1. The fourth-order valence-electron chi connectivity index (χ4n) is 4.10. The zero-order valence-electron chi connectivity index (χ0n) is 20.0. The van der Waals surface area contributed by atoms with Gasteiger partial charge in [-0.2, -0.15) is 0 Å². The molecule has 0 aliphatic carbocycles. The van der Waals surface area contributed by atoms with Crippen LogP contribution < -0.4 is 20.1 Å². The molecule has 182 valence electrons. The summed E-state index contributed by atoms with van der Waals surface area (Å²) in [6, 6.07) is 13.2. The molecule has 2 aromatic rings. The molecule has 0 bridgehead atoms. The van der Waals surface area contributed by atoms with Crippen LogP contribution in [0.2, 0.25) is 0 Å². The van der Waals surface area contributed by atoms with Crippen LogP contribution in [0.5, 0.6) is 11.5 Å². The van der Waals surface area contributed by atoms with E-state index in [0.29, 0.717) is 55.1 Å². The number of nitrogens with zero attached hydrogens (tertiary/aromatic N) is 1. The van der Waals surface area contributed by atoms with E-state index >= 15 is 0 Å². The molecule has 1 fully saturated rings. The summed E-state index contributed by atoms with van der Waals surface area (Å²) >= 11 is 0. The molecule has 34 heavy (non-hydrogen) atoms. The average Bonchev–Trinajstić information content (AvgIpc) is 2.90. The summed E-state index contributed by atoms with van der Waals surface area (Å²) in [5.41, 5.74) is 1.03. The lowest BCUT2D eigenvalue weighted by Gasteiger charge is -2.36. The predicted molar refractivity (Wildman–Crippen MR) is 129 cm³/mol. The molecule has 1 aliphatic heterocycles. The first-order valence-electron chi connectivity index (χ1n) is 11.6. The highest BCUT2D eigenvalue weighted by molar-refractivity contribution is 5.98. The lowest BCUT2D eigenvalue weighted by molar-refractivity contribution is -0.124. The van der Waals surface area contributed by atoms with Gasteiger partial charge in [-0.1, -0.05) is 13.0 Å². The van der Waals surface area contributed by atoms with Gasteiger partial charge in [0.1, 0.15) is 17.5 Å². The second-order valence-electron chi connectivity index (χ2n) is 8.33. The minimum absolute atomic E-state index is 0.0633. The molecule has 0 radical (unpaired) electrons. The smallest absolute Gasteiger partial charge is 0.253 e. The van der Waals surface area contributed by atoms with E-state index in [4.69, 9.17) is 9.47 Å². The number of carbonyl (C=O) groups is 3. The van der Waals surface area contributed by atoms with Crippen LogP contribution in [0.4, 0.5) is 0 Å². The molecular weight excluding hydrogens is 434 g/mol. The Kier molecular flexibility index (Phi) is 8.90. The number of hydrogen-bond donors (Lipinski definition) is 2. The van der Waals surface area contributed by atoms with Gasteiger partial charge in [0, 0.05) is 30.8 Å². The van der Waals surface area contributed by atoms with E-state index in [9.17, 15) is 14.4 Å². The lowest BCUT2D eigenvalue weighted by Crippen LogP contribution is -2.54. The van der Waals surface area contributed by atoms with E-state index in [1.165, 1.54) is 0 Å². The van der Waals surface area contributed by atoms with Crippen molar-refractivity contribution in [2.24, 2.45) is 5.92 Å². The molecule has 1 saturated heterocycles. The van der Waals surface area contributed by atoms with Gasteiger partial charge in [-0.25, -0.2) is 0 Å². The molecule has 1 aliphatic rings. The van der Waals surface area contributed by atoms with Crippen LogP contribution in [0.25, 0.3) is 0 Å². The summed E-state index contributed by atoms with van der Waals surface area (Å²) in [6.45, 7) is 3.54. The van der Waals surface area contributed by atoms with Gasteiger partial charge in [0.15, 0.2) is 0 Å². The molecule has 8 nitrogen and oxygen atoms in total. The summed E-state index contributed by atoms with van der Waals surface area (Å²) in [4.78, 5) is 40.6. The summed E-state index contributed by atoms with van der Waals surface area (Å²) in [5, 5.41) is 5.84. The highest BCUT2D eigenvalue weighted by Gasteiger charge is 2.34. The Morgan fingerprint density at radius 1 is 0.971 bits per heavy atom. The number of ether oxygens (including phenoxy) is 2. The number of likely N-dealkylation sites (tertiary alicyclic amines) is 1. The molecule has 8 heteroatoms. The first-order valence-corrected chi connectivity index (χ1v) is 11.6. The second kappa shape index (κ2) is 12.1. The summed E-state index contributed by atoms with van der Waals surface area (Å²) in [7, 11) is 3.13. The molecule has 3 amide bonds. The third-order valence-electron chi connectivity index (χ3n) is 6.09.